The summed E-state index contributed by atoms with van der Waals surface area (Å²) in [5.74, 6) is -1.57. The summed E-state index contributed by atoms with van der Waals surface area (Å²) in [6.45, 7) is 2.09. The Morgan fingerprint density at radius 2 is 1.92 bits per heavy atom. The molecule has 0 fully saturated rings. The number of carbonyl (C=O) groups excluding carboxylic acids is 2. The zero-order valence-corrected chi connectivity index (χ0v) is 14.5. The van der Waals surface area contributed by atoms with Crippen molar-refractivity contribution < 1.29 is 38.4 Å². The van der Waals surface area contributed by atoms with Crippen molar-refractivity contribution in [2.75, 3.05) is 13.7 Å². The Kier molecular flexibility index (Phi) is 7.80. The number of hydrogen-bond donors (Lipinski definition) is 2. The molecular weight excluding hydrogens is 358 g/mol. The third kappa shape index (κ3) is 7.17. The first-order valence-corrected chi connectivity index (χ1v) is 7.45. The SMILES string of the molecule is COc1ccc(Cl)cc1O[C@@H](CNC(=O)O[C@H](C)OC(C)=O)C(=O)O. The maximum Gasteiger partial charge on any atom is 0.410 e. The largest absolute Gasteiger partial charge is 0.493 e. The van der Waals surface area contributed by atoms with E-state index in [2.05, 4.69) is 10.1 Å². The van der Waals surface area contributed by atoms with E-state index in [9.17, 15) is 19.5 Å². The van der Waals surface area contributed by atoms with E-state index in [0.29, 0.717) is 5.02 Å². The highest BCUT2D eigenvalue weighted by Gasteiger charge is 2.23. The first-order chi connectivity index (χ1) is 11.7. The van der Waals surface area contributed by atoms with Gasteiger partial charge in [-0.1, -0.05) is 11.6 Å². The fraction of sp³-hybridized carbons (Fsp3) is 0.400. The molecule has 0 saturated carbocycles. The summed E-state index contributed by atoms with van der Waals surface area (Å²) in [7, 11) is 1.39. The number of ether oxygens (including phenoxy) is 4. The number of halogens is 1. The Morgan fingerprint density at radius 3 is 2.48 bits per heavy atom. The van der Waals surface area contributed by atoms with Crippen molar-refractivity contribution in [3.8, 4) is 11.5 Å². The molecule has 0 aliphatic carbocycles. The van der Waals surface area contributed by atoms with E-state index in [0.717, 1.165) is 6.92 Å². The van der Waals surface area contributed by atoms with E-state index < -0.39 is 37.0 Å². The Bertz CT molecular complexity index is 636. The number of esters is 1. The highest BCUT2D eigenvalue weighted by molar-refractivity contribution is 6.30. The van der Waals surface area contributed by atoms with Crippen LogP contribution < -0.4 is 14.8 Å². The highest BCUT2D eigenvalue weighted by Crippen LogP contribution is 2.30. The molecule has 0 spiro atoms. The zero-order valence-electron chi connectivity index (χ0n) is 13.8. The Hall–Kier alpha value is -2.68. The van der Waals surface area contributed by atoms with Gasteiger partial charge in [0.25, 0.3) is 0 Å². The van der Waals surface area contributed by atoms with Crippen LogP contribution in [0.3, 0.4) is 0 Å². The summed E-state index contributed by atoms with van der Waals surface area (Å²) in [5.41, 5.74) is 0. The van der Waals surface area contributed by atoms with Crippen LogP contribution in [0.15, 0.2) is 18.2 Å². The predicted molar refractivity (Wildman–Crippen MR) is 85.8 cm³/mol. The van der Waals surface area contributed by atoms with E-state index >= 15 is 0 Å². The average Bonchev–Trinajstić information content (AvgIpc) is 2.50. The molecule has 0 aliphatic rings. The minimum atomic E-state index is -1.43. The van der Waals surface area contributed by atoms with E-state index in [-0.39, 0.29) is 11.5 Å². The number of nitrogens with one attached hydrogen (secondary N) is 1. The number of rotatable bonds is 8. The van der Waals surface area contributed by atoms with Crippen molar-refractivity contribution in [1.82, 2.24) is 5.32 Å². The number of carboxylic acid groups (broad SMARTS) is 1. The lowest BCUT2D eigenvalue weighted by Gasteiger charge is -2.18. The second kappa shape index (κ2) is 9.58. The maximum absolute atomic E-state index is 11.6. The quantitative estimate of drug-likeness (QED) is 0.521. The van der Waals surface area contributed by atoms with Crippen LogP contribution in [0.4, 0.5) is 4.79 Å². The molecule has 1 rings (SSSR count). The van der Waals surface area contributed by atoms with Crippen molar-refractivity contribution in [2.45, 2.75) is 26.2 Å². The molecule has 1 amide bonds. The molecular formula is C15H18ClNO8. The minimum Gasteiger partial charge on any atom is -0.493 e. The molecule has 0 unspecified atom stereocenters. The van der Waals surface area contributed by atoms with Gasteiger partial charge in [-0.2, -0.15) is 0 Å². The number of carbonyl (C=O) groups is 3. The maximum atomic E-state index is 11.6. The van der Waals surface area contributed by atoms with Gasteiger partial charge in [-0.25, -0.2) is 9.59 Å². The summed E-state index contributed by atoms with van der Waals surface area (Å²) in [6.07, 6.45) is -3.51. The molecule has 0 aliphatic heterocycles. The predicted octanol–water partition coefficient (Wildman–Crippen LogP) is 1.82. The van der Waals surface area contributed by atoms with E-state index in [1.54, 1.807) is 6.07 Å². The summed E-state index contributed by atoms with van der Waals surface area (Å²) >= 11 is 5.85. The van der Waals surface area contributed by atoms with Gasteiger partial charge >= 0.3 is 18.0 Å². The molecule has 138 valence electrons. The van der Waals surface area contributed by atoms with Crippen LogP contribution in [-0.2, 0) is 19.1 Å². The minimum absolute atomic E-state index is 0.103. The Balaban J connectivity index is 2.66. The molecule has 0 radical (unpaired) electrons. The number of alkyl carbamates (subject to hydrolysis) is 1. The molecule has 25 heavy (non-hydrogen) atoms. The van der Waals surface area contributed by atoms with Crippen molar-refractivity contribution in [3.05, 3.63) is 23.2 Å². The van der Waals surface area contributed by atoms with Crippen molar-refractivity contribution in [1.29, 1.82) is 0 Å². The molecule has 2 N–H and O–H groups in total. The molecule has 0 saturated heterocycles. The number of methoxy groups -OCH3 is 1. The van der Waals surface area contributed by atoms with E-state index in [1.165, 1.54) is 26.2 Å². The van der Waals surface area contributed by atoms with Crippen LogP contribution in [0.2, 0.25) is 5.02 Å². The standard InChI is InChI=1S/C15H18ClNO8/c1-8(18)23-9(2)24-15(21)17-7-13(14(19)20)25-12-6-10(16)4-5-11(12)22-3/h4-6,9,13H,7H2,1-3H3,(H,17,21)(H,19,20)/t9-,13+/m1/s1. The van der Waals surface area contributed by atoms with Crippen molar-refractivity contribution in [3.63, 3.8) is 0 Å². The van der Waals surface area contributed by atoms with Crippen LogP contribution >= 0.6 is 11.6 Å². The molecule has 0 aromatic heterocycles. The third-order valence-corrected chi connectivity index (χ3v) is 2.94. The fourth-order valence-electron chi connectivity index (χ4n) is 1.70. The zero-order chi connectivity index (χ0) is 19.0. The summed E-state index contributed by atoms with van der Waals surface area (Å²) < 4.78 is 19.7. The Morgan fingerprint density at radius 1 is 1.24 bits per heavy atom. The first-order valence-electron chi connectivity index (χ1n) is 7.07. The van der Waals surface area contributed by atoms with Crippen LogP contribution in [-0.4, -0.2) is 49.2 Å². The average molecular weight is 376 g/mol. The van der Waals surface area contributed by atoms with E-state index in [1.807, 2.05) is 0 Å². The monoisotopic (exact) mass is 375 g/mol. The topological polar surface area (TPSA) is 120 Å². The van der Waals surface area contributed by atoms with Crippen molar-refractivity contribution in [2.24, 2.45) is 0 Å². The van der Waals surface area contributed by atoms with Gasteiger partial charge in [0.1, 0.15) is 0 Å². The van der Waals surface area contributed by atoms with Crippen LogP contribution in [0.25, 0.3) is 0 Å². The molecule has 2 atom stereocenters. The van der Waals surface area contributed by atoms with Crippen LogP contribution in [0.1, 0.15) is 13.8 Å². The number of amides is 1. The summed E-state index contributed by atoms with van der Waals surface area (Å²) in [6, 6.07) is 4.45. The van der Waals surface area contributed by atoms with Gasteiger partial charge < -0.3 is 29.4 Å². The molecule has 0 bridgehead atoms. The van der Waals surface area contributed by atoms with Gasteiger partial charge in [0.05, 0.1) is 13.7 Å². The van der Waals surface area contributed by atoms with Gasteiger partial charge in [-0.15, -0.1) is 0 Å². The lowest BCUT2D eigenvalue weighted by atomic mass is 10.3. The number of carboxylic acids is 1. The lowest BCUT2D eigenvalue weighted by molar-refractivity contribution is -0.162. The third-order valence-electron chi connectivity index (χ3n) is 2.71. The number of hydrogen-bond acceptors (Lipinski definition) is 7. The molecule has 9 nitrogen and oxygen atoms in total. The first kappa shape index (κ1) is 20.4. The summed E-state index contributed by atoms with van der Waals surface area (Å²) in [4.78, 5) is 33.6. The van der Waals surface area contributed by atoms with Gasteiger partial charge in [-0.3, -0.25) is 4.79 Å². The van der Waals surface area contributed by atoms with Crippen LogP contribution in [0.5, 0.6) is 11.5 Å². The molecule has 1 aromatic carbocycles. The Labute approximate surface area is 148 Å². The van der Waals surface area contributed by atoms with Crippen molar-refractivity contribution >= 4 is 29.6 Å². The molecule has 1 aromatic rings. The van der Waals surface area contributed by atoms with E-state index in [4.69, 9.17) is 25.8 Å². The summed E-state index contributed by atoms with van der Waals surface area (Å²) in [5, 5.41) is 11.8. The second-order valence-electron chi connectivity index (χ2n) is 4.70. The second-order valence-corrected chi connectivity index (χ2v) is 5.14. The van der Waals surface area contributed by atoms with Crippen LogP contribution in [0, 0.1) is 0 Å². The molecule has 0 heterocycles. The highest BCUT2D eigenvalue weighted by atomic mass is 35.5. The normalized spacial score (nSPS) is 12.5. The number of benzene rings is 1. The van der Waals surface area contributed by atoms with Gasteiger partial charge in [0.15, 0.2) is 11.5 Å². The molecule has 10 heteroatoms. The lowest BCUT2D eigenvalue weighted by Crippen LogP contribution is -2.41. The van der Waals surface area contributed by atoms with Gasteiger partial charge in [0.2, 0.25) is 12.4 Å². The fourth-order valence-corrected chi connectivity index (χ4v) is 1.86. The smallest absolute Gasteiger partial charge is 0.410 e. The number of aliphatic carboxylic acids is 1. The van der Waals surface area contributed by atoms with Gasteiger partial charge in [0, 0.05) is 24.9 Å². The van der Waals surface area contributed by atoms with Gasteiger partial charge in [-0.05, 0) is 12.1 Å².